The predicted molar refractivity (Wildman–Crippen MR) is 85.3 cm³/mol. The number of fused-ring (bicyclic) bond motifs is 1. The van der Waals surface area contributed by atoms with Gasteiger partial charge in [-0.15, -0.1) is 0 Å². The smallest absolute Gasteiger partial charge is 0.205 e. The number of nitrogens with two attached hydrogens (primary N) is 1. The van der Waals surface area contributed by atoms with Gasteiger partial charge in [0.1, 0.15) is 28.9 Å². The molecule has 0 aromatic heterocycles. The number of rotatable bonds is 3. The van der Waals surface area contributed by atoms with Gasteiger partial charge in [-0.25, -0.2) is 0 Å². The molecule has 3 rings (SSSR count). The highest BCUT2D eigenvalue weighted by Crippen LogP contribution is 2.45. The Balaban J connectivity index is 2.23. The third-order valence-corrected chi connectivity index (χ3v) is 3.88. The van der Waals surface area contributed by atoms with E-state index in [9.17, 15) is 5.26 Å². The molecule has 0 fully saturated rings. The van der Waals surface area contributed by atoms with Crippen molar-refractivity contribution >= 4 is 0 Å². The Kier molecular flexibility index (Phi) is 3.82. The average molecular weight is 308 g/mol. The molecule has 0 saturated carbocycles. The lowest BCUT2D eigenvalue weighted by molar-refractivity contribution is 0.381. The van der Waals surface area contributed by atoms with Gasteiger partial charge >= 0.3 is 0 Å². The van der Waals surface area contributed by atoms with Crippen molar-refractivity contribution in [2.24, 2.45) is 5.73 Å². The summed E-state index contributed by atoms with van der Waals surface area (Å²) in [6.07, 6.45) is 0. The lowest BCUT2D eigenvalue weighted by Crippen LogP contribution is -2.21. The van der Waals surface area contributed by atoms with E-state index in [0.717, 1.165) is 11.1 Å². The van der Waals surface area contributed by atoms with Crippen molar-refractivity contribution in [3.05, 3.63) is 65.0 Å². The van der Waals surface area contributed by atoms with Gasteiger partial charge in [-0.2, -0.15) is 5.26 Å². The zero-order valence-electron chi connectivity index (χ0n) is 12.9. The first-order valence-corrected chi connectivity index (χ1v) is 7.08. The van der Waals surface area contributed by atoms with E-state index in [1.165, 1.54) is 0 Å². The first-order chi connectivity index (χ1) is 11.2. The second-order valence-electron chi connectivity index (χ2n) is 5.07. The molecule has 0 aliphatic carbocycles. The van der Waals surface area contributed by atoms with Gasteiger partial charge in [0.2, 0.25) is 5.88 Å². The molecule has 2 aromatic rings. The summed E-state index contributed by atoms with van der Waals surface area (Å²) in [4.78, 5) is 0. The van der Waals surface area contributed by atoms with Crippen LogP contribution in [0.4, 0.5) is 0 Å². The summed E-state index contributed by atoms with van der Waals surface area (Å²) in [6, 6.07) is 15.2. The molecule has 23 heavy (non-hydrogen) atoms. The van der Waals surface area contributed by atoms with Crippen molar-refractivity contribution in [1.82, 2.24) is 0 Å². The van der Waals surface area contributed by atoms with Gasteiger partial charge in [-0.1, -0.05) is 24.3 Å². The van der Waals surface area contributed by atoms with E-state index < -0.39 is 0 Å². The molecule has 0 radical (unpaired) electrons. The number of allylic oxidation sites excluding steroid dienone is 1. The summed E-state index contributed by atoms with van der Waals surface area (Å²) >= 11 is 0. The van der Waals surface area contributed by atoms with E-state index in [-0.39, 0.29) is 11.8 Å². The Morgan fingerprint density at radius 3 is 2.57 bits per heavy atom. The van der Waals surface area contributed by atoms with Crippen LogP contribution in [0, 0.1) is 11.3 Å². The van der Waals surface area contributed by atoms with Crippen LogP contribution >= 0.6 is 0 Å². The highest BCUT2D eigenvalue weighted by atomic mass is 16.5. The highest BCUT2D eigenvalue weighted by molar-refractivity contribution is 5.59. The molecule has 0 amide bonds. The minimum absolute atomic E-state index is 0.120. The zero-order chi connectivity index (χ0) is 16.4. The summed E-state index contributed by atoms with van der Waals surface area (Å²) in [6.45, 7) is 0. The number of hydrogen-bond donors (Lipinski definition) is 1. The van der Waals surface area contributed by atoms with Gasteiger partial charge in [0.15, 0.2) is 0 Å². The van der Waals surface area contributed by atoms with Crippen LogP contribution in [0.25, 0.3) is 0 Å². The quantitative estimate of drug-likeness (QED) is 0.943. The van der Waals surface area contributed by atoms with Gasteiger partial charge in [-0.3, -0.25) is 0 Å². The second kappa shape index (κ2) is 5.93. The van der Waals surface area contributed by atoms with Crippen molar-refractivity contribution in [3.8, 4) is 23.3 Å². The number of nitriles is 1. The van der Waals surface area contributed by atoms with Crippen molar-refractivity contribution in [2.75, 3.05) is 14.2 Å². The average Bonchev–Trinajstić information content (AvgIpc) is 2.60. The lowest BCUT2D eigenvalue weighted by Gasteiger charge is -2.27. The monoisotopic (exact) mass is 308 g/mol. The fourth-order valence-corrected chi connectivity index (χ4v) is 2.78. The number of ether oxygens (including phenoxy) is 3. The van der Waals surface area contributed by atoms with Gasteiger partial charge in [-0.05, 0) is 12.1 Å². The van der Waals surface area contributed by atoms with Gasteiger partial charge < -0.3 is 19.9 Å². The van der Waals surface area contributed by atoms with Crippen molar-refractivity contribution < 1.29 is 14.2 Å². The van der Waals surface area contributed by atoms with Crippen LogP contribution < -0.4 is 19.9 Å². The summed E-state index contributed by atoms with van der Waals surface area (Å²) < 4.78 is 16.3. The Hall–Kier alpha value is -3.13. The standard InChI is InChI=1S/C18H16N2O3/c1-21-11-7-8-13(16(9-11)22-2)17-12-5-3-4-6-15(12)23-18(20)14(17)10-19/h3-9,17H,20H2,1-2H3/t17-/m1/s1. The number of hydrogen-bond acceptors (Lipinski definition) is 5. The number of para-hydroxylation sites is 1. The molecule has 1 aliphatic heterocycles. The van der Waals surface area contributed by atoms with Crippen molar-refractivity contribution in [1.29, 1.82) is 5.26 Å². The molecule has 2 N–H and O–H groups in total. The summed E-state index contributed by atoms with van der Waals surface area (Å²) in [5, 5.41) is 9.55. The molecule has 1 heterocycles. The molecule has 0 saturated heterocycles. The highest BCUT2D eigenvalue weighted by Gasteiger charge is 2.32. The fourth-order valence-electron chi connectivity index (χ4n) is 2.78. The Morgan fingerprint density at radius 2 is 1.87 bits per heavy atom. The zero-order valence-corrected chi connectivity index (χ0v) is 12.9. The molecule has 5 heteroatoms. The van der Waals surface area contributed by atoms with Gasteiger partial charge in [0, 0.05) is 17.2 Å². The third kappa shape index (κ3) is 2.44. The van der Waals surface area contributed by atoms with E-state index in [4.69, 9.17) is 19.9 Å². The SMILES string of the molecule is COc1ccc([C@@H]2C(C#N)=C(N)Oc3ccccc32)c(OC)c1. The predicted octanol–water partition coefficient (Wildman–Crippen LogP) is 2.92. The van der Waals surface area contributed by atoms with E-state index in [1.807, 2.05) is 36.4 Å². The van der Waals surface area contributed by atoms with Crippen LogP contribution in [0.1, 0.15) is 17.0 Å². The Bertz CT molecular complexity index is 821. The minimum atomic E-state index is -0.342. The van der Waals surface area contributed by atoms with Crippen LogP contribution in [0.5, 0.6) is 17.2 Å². The number of benzene rings is 2. The molecule has 0 bridgehead atoms. The van der Waals surface area contributed by atoms with Crippen LogP contribution in [0.3, 0.4) is 0 Å². The van der Waals surface area contributed by atoms with Gasteiger partial charge in [0.05, 0.1) is 20.1 Å². The molecular weight excluding hydrogens is 292 g/mol. The van der Waals surface area contributed by atoms with Crippen LogP contribution in [0.15, 0.2) is 53.9 Å². The third-order valence-electron chi connectivity index (χ3n) is 3.88. The maximum absolute atomic E-state index is 9.55. The minimum Gasteiger partial charge on any atom is -0.497 e. The molecule has 2 aromatic carbocycles. The largest absolute Gasteiger partial charge is 0.497 e. The number of nitrogens with zero attached hydrogens (tertiary/aromatic N) is 1. The first-order valence-electron chi connectivity index (χ1n) is 7.08. The number of methoxy groups -OCH3 is 2. The molecule has 116 valence electrons. The van der Waals surface area contributed by atoms with Crippen LogP contribution in [0.2, 0.25) is 0 Å². The fraction of sp³-hybridized carbons (Fsp3) is 0.167. The maximum atomic E-state index is 9.55. The molecular formula is C18H16N2O3. The van der Waals surface area contributed by atoms with E-state index >= 15 is 0 Å². The Morgan fingerprint density at radius 1 is 1.09 bits per heavy atom. The van der Waals surface area contributed by atoms with Gasteiger partial charge in [0.25, 0.3) is 0 Å². The second-order valence-corrected chi connectivity index (χ2v) is 5.07. The van der Waals surface area contributed by atoms with Crippen LogP contribution in [-0.4, -0.2) is 14.2 Å². The molecule has 5 nitrogen and oxygen atoms in total. The van der Waals surface area contributed by atoms with Crippen LogP contribution in [-0.2, 0) is 0 Å². The molecule has 0 spiro atoms. The molecule has 1 atom stereocenters. The topological polar surface area (TPSA) is 77.5 Å². The maximum Gasteiger partial charge on any atom is 0.205 e. The first kappa shape index (κ1) is 14.8. The summed E-state index contributed by atoms with van der Waals surface area (Å²) in [5.74, 6) is 1.74. The molecule has 1 aliphatic rings. The molecule has 0 unspecified atom stereocenters. The normalized spacial score (nSPS) is 16.1. The summed E-state index contributed by atoms with van der Waals surface area (Å²) in [5.41, 5.74) is 8.03. The van der Waals surface area contributed by atoms with E-state index in [2.05, 4.69) is 6.07 Å². The van der Waals surface area contributed by atoms with Crippen molar-refractivity contribution in [2.45, 2.75) is 5.92 Å². The summed E-state index contributed by atoms with van der Waals surface area (Å²) in [7, 11) is 3.18. The Labute approximate surface area is 134 Å². The van der Waals surface area contributed by atoms with E-state index in [1.54, 1.807) is 20.3 Å². The van der Waals surface area contributed by atoms with E-state index in [0.29, 0.717) is 22.8 Å². The van der Waals surface area contributed by atoms with Crippen molar-refractivity contribution in [3.63, 3.8) is 0 Å². The lowest BCUT2D eigenvalue weighted by atomic mass is 9.83.